The first kappa shape index (κ1) is 6.18. The highest BCUT2D eigenvalue weighted by Crippen LogP contribution is 1.66. The van der Waals surface area contributed by atoms with Gasteiger partial charge in [0.05, 0.1) is 0 Å². The summed E-state index contributed by atoms with van der Waals surface area (Å²) in [7, 11) is -0.136. The van der Waals surface area contributed by atoms with Crippen LogP contribution >= 0.6 is 0 Å². The van der Waals surface area contributed by atoms with Crippen LogP contribution in [0.4, 0.5) is 0 Å². The van der Waals surface area contributed by atoms with E-state index in [1.54, 1.807) is 0 Å². The van der Waals surface area contributed by atoms with E-state index in [2.05, 4.69) is 25.0 Å². The molecule has 0 bridgehead atoms. The van der Waals surface area contributed by atoms with Crippen molar-refractivity contribution in [3.8, 4) is 0 Å². The van der Waals surface area contributed by atoms with Crippen LogP contribution in [0, 0.1) is 0 Å². The van der Waals surface area contributed by atoms with Crippen LogP contribution in [0.25, 0.3) is 0 Å². The molecule has 0 rings (SSSR count). The Bertz CT molecular complexity index is 28.7. The molecule has 0 fully saturated rings. The van der Waals surface area contributed by atoms with Crippen LogP contribution in [0.5, 0.6) is 0 Å². The maximum Gasteiger partial charge on any atom is 0.126 e. The zero-order valence-corrected chi connectivity index (χ0v) is 5.71. The Labute approximate surface area is 41.4 Å². The SMILES string of the molecule is CCN[Si](C)C. The standard InChI is InChI=1S/C4H12NSi/c1-4-5-6(2)3/h5H,4H2,1-3H3. The fraction of sp³-hybridized carbons (Fsp3) is 1.00. The molecule has 0 saturated heterocycles. The molecule has 6 heavy (non-hydrogen) atoms. The Hall–Kier alpha value is 0.177. The van der Waals surface area contributed by atoms with Gasteiger partial charge in [0.25, 0.3) is 0 Å². The van der Waals surface area contributed by atoms with Crippen molar-refractivity contribution in [3.63, 3.8) is 0 Å². The van der Waals surface area contributed by atoms with Gasteiger partial charge < -0.3 is 4.98 Å². The van der Waals surface area contributed by atoms with Crippen LogP contribution in [-0.2, 0) is 0 Å². The summed E-state index contributed by atoms with van der Waals surface area (Å²) in [6, 6.07) is 0. The van der Waals surface area contributed by atoms with E-state index in [1.807, 2.05) is 0 Å². The second kappa shape index (κ2) is 3.37. The monoisotopic (exact) mass is 102 g/mol. The van der Waals surface area contributed by atoms with Crippen molar-refractivity contribution < 1.29 is 0 Å². The Kier molecular flexibility index (Phi) is 3.47. The van der Waals surface area contributed by atoms with Gasteiger partial charge in [-0.1, -0.05) is 20.0 Å². The summed E-state index contributed by atoms with van der Waals surface area (Å²) in [5.41, 5.74) is 0. The van der Waals surface area contributed by atoms with Crippen LogP contribution in [0.1, 0.15) is 6.92 Å². The second-order valence-electron chi connectivity index (χ2n) is 1.53. The maximum atomic E-state index is 3.31. The van der Waals surface area contributed by atoms with Gasteiger partial charge in [0.15, 0.2) is 0 Å². The molecule has 0 aliphatic carbocycles. The van der Waals surface area contributed by atoms with E-state index in [4.69, 9.17) is 0 Å². The van der Waals surface area contributed by atoms with Gasteiger partial charge in [0.1, 0.15) is 8.96 Å². The first-order valence-electron chi connectivity index (χ1n) is 2.31. The molecule has 0 aliphatic rings. The lowest BCUT2D eigenvalue weighted by Gasteiger charge is -1.97. The van der Waals surface area contributed by atoms with Crippen LogP contribution < -0.4 is 4.98 Å². The van der Waals surface area contributed by atoms with E-state index < -0.39 is 0 Å². The van der Waals surface area contributed by atoms with Gasteiger partial charge in [-0.05, 0) is 6.54 Å². The summed E-state index contributed by atoms with van der Waals surface area (Å²) in [6.07, 6.45) is 0. The average Bonchev–Trinajstić information content (AvgIpc) is 1.35. The highest BCUT2D eigenvalue weighted by atomic mass is 28.3. The largest absolute Gasteiger partial charge is 0.339 e. The highest BCUT2D eigenvalue weighted by molar-refractivity contribution is 6.52. The lowest BCUT2D eigenvalue weighted by atomic mass is 10.8. The van der Waals surface area contributed by atoms with E-state index in [1.165, 1.54) is 0 Å². The Morgan fingerprint density at radius 2 is 2.00 bits per heavy atom. The molecule has 0 spiro atoms. The summed E-state index contributed by atoms with van der Waals surface area (Å²) < 4.78 is 0. The van der Waals surface area contributed by atoms with Crippen LogP contribution in [0.2, 0.25) is 13.1 Å². The molecule has 0 atom stereocenters. The van der Waals surface area contributed by atoms with E-state index >= 15 is 0 Å². The normalized spacial score (nSPS) is 10.0. The lowest BCUT2D eigenvalue weighted by Crippen LogP contribution is -2.26. The summed E-state index contributed by atoms with van der Waals surface area (Å²) in [5, 5.41) is 0. The van der Waals surface area contributed by atoms with Crippen LogP contribution in [-0.4, -0.2) is 15.5 Å². The molecule has 1 radical (unpaired) electrons. The molecular formula is C4H12NSi. The molecule has 0 aromatic rings. The van der Waals surface area contributed by atoms with Gasteiger partial charge in [-0.15, -0.1) is 0 Å². The number of hydrogen-bond acceptors (Lipinski definition) is 1. The van der Waals surface area contributed by atoms with Gasteiger partial charge in [0, 0.05) is 0 Å². The van der Waals surface area contributed by atoms with Crippen LogP contribution in [0.3, 0.4) is 0 Å². The summed E-state index contributed by atoms with van der Waals surface area (Å²) in [6.45, 7) is 7.75. The average molecular weight is 102 g/mol. The summed E-state index contributed by atoms with van der Waals surface area (Å²) in [5.74, 6) is 0. The molecular weight excluding hydrogens is 90.1 g/mol. The molecule has 1 N–H and O–H groups in total. The minimum absolute atomic E-state index is 0.136. The number of nitrogens with one attached hydrogen (secondary N) is 1. The van der Waals surface area contributed by atoms with E-state index in [0.717, 1.165) is 6.54 Å². The van der Waals surface area contributed by atoms with Crippen molar-refractivity contribution in [2.75, 3.05) is 6.54 Å². The summed E-state index contributed by atoms with van der Waals surface area (Å²) >= 11 is 0. The Morgan fingerprint density at radius 3 is 2.00 bits per heavy atom. The fourth-order valence-electron chi connectivity index (χ4n) is 0.354. The third-order valence-electron chi connectivity index (χ3n) is 0.530. The molecule has 0 aromatic carbocycles. The van der Waals surface area contributed by atoms with Crippen molar-refractivity contribution >= 4 is 8.96 Å². The Balaban J connectivity index is 2.63. The number of hydrogen-bond donors (Lipinski definition) is 1. The Morgan fingerprint density at radius 1 is 1.50 bits per heavy atom. The lowest BCUT2D eigenvalue weighted by molar-refractivity contribution is 0.990. The molecule has 0 aromatic heterocycles. The first-order chi connectivity index (χ1) is 2.77. The predicted molar refractivity (Wildman–Crippen MR) is 31.2 cm³/mol. The smallest absolute Gasteiger partial charge is 0.126 e. The topological polar surface area (TPSA) is 12.0 Å². The van der Waals surface area contributed by atoms with E-state index in [0.29, 0.717) is 0 Å². The molecule has 0 unspecified atom stereocenters. The minimum atomic E-state index is -0.136. The van der Waals surface area contributed by atoms with Crippen molar-refractivity contribution in [1.29, 1.82) is 0 Å². The molecule has 0 saturated carbocycles. The van der Waals surface area contributed by atoms with Gasteiger partial charge in [-0.2, -0.15) is 0 Å². The van der Waals surface area contributed by atoms with Crippen molar-refractivity contribution in [2.45, 2.75) is 20.0 Å². The van der Waals surface area contributed by atoms with Crippen molar-refractivity contribution in [2.24, 2.45) is 0 Å². The van der Waals surface area contributed by atoms with Gasteiger partial charge in [-0.25, -0.2) is 0 Å². The minimum Gasteiger partial charge on any atom is -0.339 e. The second-order valence-corrected chi connectivity index (χ2v) is 3.88. The summed E-state index contributed by atoms with van der Waals surface area (Å²) in [4.78, 5) is 3.31. The van der Waals surface area contributed by atoms with E-state index in [9.17, 15) is 0 Å². The highest BCUT2D eigenvalue weighted by Gasteiger charge is 1.86. The zero-order valence-electron chi connectivity index (χ0n) is 4.71. The van der Waals surface area contributed by atoms with Crippen molar-refractivity contribution in [1.82, 2.24) is 4.98 Å². The molecule has 2 heteroatoms. The quantitative estimate of drug-likeness (QED) is 0.510. The van der Waals surface area contributed by atoms with Gasteiger partial charge >= 0.3 is 0 Å². The molecule has 0 amide bonds. The van der Waals surface area contributed by atoms with Crippen LogP contribution in [0.15, 0.2) is 0 Å². The molecule has 1 nitrogen and oxygen atoms in total. The van der Waals surface area contributed by atoms with E-state index in [-0.39, 0.29) is 8.96 Å². The molecule has 0 heterocycles. The zero-order chi connectivity index (χ0) is 4.99. The molecule has 37 valence electrons. The first-order valence-corrected chi connectivity index (χ1v) is 4.81. The third kappa shape index (κ3) is 4.18. The molecule has 0 aliphatic heterocycles. The van der Waals surface area contributed by atoms with Crippen molar-refractivity contribution in [3.05, 3.63) is 0 Å². The fourth-order valence-corrected chi connectivity index (χ4v) is 1.06. The third-order valence-corrected chi connectivity index (χ3v) is 1.59. The van der Waals surface area contributed by atoms with Gasteiger partial charge in [0.2, 0.25) is 0 Å². The predicted octanol–water partition coefficient (Wildman–Crippen LogP) is 0.847. The van der Waals surface area contributed by atoms with Gasteiger partial charge in [-0.3, -0.25) is 0 Å². The maximum absolute atomic E-state index is 3.31. The number of rotatable bonds is 2.